The van der Waals surface area contributed by atoms with Gasteiger partial charge in [0.2, 0.25) is 11.8 Å². The molecule has 2 aliphatic rings. The van der Waals surface area contributed by atoms with Crippen LogP contribution in [0, 0.1) is 5.41 Å². The minimum atomic E-state index is -0.902. The van der Waals surface area contributed by atoms with Crippen molar-refractivity contribution in [1.29, 1.82) is 0 Å². The van der Waals surface area contributed by atoms with Gasteiger partial charge in [-0.1, -0.05) is 6.42 Å². The molecular weight excluding hydrogens is 260 g/mol. The zero-order chi connectivity index (χ0) is 14.9. The van der Waals surface area contributed by atoms with Gasteiger partial charge in [0.1, 0.15) is 6.04 Å². The summed E-state index contributed by atoms with van der Waals surface area (Å²) in [6, 6.07) is -0.364. The number of carbonyl (C=O) groups is 3. The van der Waals surface area contributed by atoms with E-state index in [1.165, 1.54) is 0 Å². The van der Waals surface area contributed by atoms with E-state index in [9.17, 15) is 19.5 Å². The van der Waals surface area contributed by atoms with Crippen molar-refractivity contribution in [3.05, 3.63) is 0 Å². The first-order chi connectivity index (χ1) is 9.35. The van der Waals surface area contributed by atoms with Gasteiger partial charge in [0, 0.05) is 19.0 Å². The molecule has 0 bridgehead atoms. The monoisotopic (exact) mass is 282 g/mol. The molecule has 0 radical (unpaired) electrons. The lowest BCUT2D eigenvalue weighted by Gasteiger charge is -2.37. The highest BCUT2D eigenvalue weighted by molar-refractivity contribution is 5.91. The summed E-state index contributed by atoms with van der Waals surface area (Å²) in [5, 5.41) is 11.9. The molecular formula is C14H22N2O4. The lowest BCUT2D eigenvalue weighted by atomic mass is 9.66. The summed E-state index contributed by atoms with van der Waals surface area (Å²) in [5.41, 5.74) is -0.899. The normalized spacial score (nSPS) is 24.6. The van der Waals surface area contributed by atoms with Crippen LogP contribution in [0.2, 0.25) is 0 Å². The van der Waals surface area contributed by atoms with Crippen molar-refractivity contribution in [3.63, 3.8) is 0 Å². The number of nitrogens with zero attached hydrogens (tertiary/aromatic N) is 1. The molecule has 0 aromatic carbocycles. The molecule has 1 aliphatic heterocycles. The Hall–Kier alpha value is -1.59. The average Bonchev–Trinajstić information content (AvgIpc) is 2.65. The van der Waals surface area contributed by atoms with Crippen molar-refractivity contribution in [2.75, 3.05) is 6.54 Å². The van der Waals surface area contributed by atoms with Gasteiger partial charge in [0.15, 0.2) is 0 Å². The summed E-state index contributed by atoms with van der Waals surface area (Å²) in [6.45, 7) is 4.53. The molecule has 2 N–H and O–H groups in total. The van der Waals surface area contributed by atoms with Crippen molar-refractivity contribution < 1.29 is 19.5 Å². The molecule has 0 aromatic rings. The summed E-state index contributed by atoms with van der Waals surface area (Å²) >= 11 is 0. The number of carbonyl (C=O) groups excluding carboxylic acids is 2. The molecule has 0 spiro atoms. The maximum absolute atomic E-state index is 12.1. The molecule has 2 amide bonds. The molecule has 2 rings (SSSR count). The zero-order valence-electron chi connectivity index (χ0n) is 12.0. The van der Waals surface area contributed by atoms with Crippen LogP contribution in [0.5, 0.6) is 0 Å². The van der Waals surface area contributed by atoms with Gasteiger partial charge in [0.05, 0.1) is 5.41 Å². The Morgan fingerprint density at radius 3 is 2.50 bits per heavy atom. The molecule has 112 valence electrons. The second-order valence-electron chi connectivity index (χ2n) is 6.15. The fourth-order valence-electron chi connectivity index (χ4n) is 2.97. The van der Waals surface area contributed by atoms with Crippen LogP contribution in [0.3, 0.4) is 0 Å². The van der Waals surface area contributed by atoms with Crippen LogP contribution in [-0.4, -0.2) is 46.4 Å². The first-order valence-corrected chi connectivity index (χ1v) is 7.19. The lowest BCUT2D eigenvalue weighted by molar-refractivity contribution is -0.157. The molecule has 6 heteroatoms. The van der Waals surface area contributed by atoms with E-state index in [-0.39, 0.29) is 24.3 Å². The number of carboxylic acids is 1. The Morgan fingerprint density at radius 2 is 2.10 bits per heavy atom. The van der Waals surface area contributed by atoms with Gasteiger partial charge in [0.25, 0.3) is 0 Å². The largest absolute Gasteiger partial charge is 0.481 e. The fraction of sp³-hybridized carbons (Fsp3) is 0.786. The second-order valence-corrected chi connectivity index (χ2v) is 6.15. The summed E-state index contributed by atoms with van der Waals surface area (Å²) in [6.07, 6.45) is 2.53. The third-order valence-electron chi connectivity index (χ3n) is 4.46. The average molecular weight is 282 g/mol. The van der Waals surface area contributed by atoms with Gasteiger partial charge >= 0.3 is 5.97 Å². The van der Waals surface area contributed by atoms with Gasteiger partial charge in [-0.05, 0) is 33.1 Å². The molecule has 1 heterocycles. The molecule has 1 aliphatic carbocycles. The van der Waals surface area contributed by atoms with Gasteiger partial charge < -0.3 is 15.3 Å². The van der Waals surface area contributed by atoms with Crippen LogP contribution < -0.4 is 5.32 Å². The highest BCUT2D eigenvalue weighted by Gasteiger charge is 2.46. The predicted molar refractivity (Wildman–Crippen MR) is 71.9 cm³/mol. The van der Waals surface area contributed by atoms with Gasteiger partial charge in [-0.15, -0.1) is 0 Å². The maximum atomic E-state index is 12.1. The molecule has 1 atom stereocenters. The standard InChI is InChI=1S/C14H22N2O4/c1-9(2)16-7-4-10(12(16)18)15-11(17)8-14(13(19)20)5-3-6-14/h9-10H,3-8H2,1-2H3,(H,15,17)(H,19,20). The van der Waals surface area contributed by atoms with E-state index < -0.39 is 17.4 Å². The number of carboxylic acid groups (broad SMARTS) is 1. The number of aliphatic carboxylic acids is 1. The SMILES string of the molecule is CC(C)N1CCC(NC(=O)CC2(C(=O)O)CCC2)C1=O. The quantitative estimate of drug-likeness (QED) is 0.779. The number of hydrogen-bond acceptors (Lipinski definition) is 3. The number of hydrogen-bond donors (Lipinski definition) is 2. The van der Waals surface area contributed by atoms with Gasteiger partial charge in [-0.3, -0.25) is 14.4 Å². The van der Waals surface area contributed by atoms with E-state index in [0.717, 1.165) is 6.42 Å². The molecule has 2 fully saturated rings. The summed E-state index contributed by atoms with van der Waals surface area (Å²) in [5.74, 6) is -1.29. The van der Waals surface area contributed by atoms with Crippen molar-refractivity contribution in [2.24, 2.45) is 5.41 Å². The number of likely N-dealkylation sites (tertiary alicyclic amines) is 1. The smallest absolute Gasteiger partial charge is 0.310 e. The first-order valence-electron chi connectivity index (χ1n) is 7.19. The van der Waals surface area contributed by atoms with Crippen LogP contribution in [0.25, 0.3) is 0 Å². The molecule has 1 saturated heterocycles. The van der Waals surface area contributed by atoms with Crippen molar-refractivity contribution in [2.45, 2.75) is 58.0 Å². The predicted octanol–water partition coefficient (Wildman–Crippen LogP) is 0.757. The van der Waals surface area contributed by atoms with Gasteiger partial charge in [-0.2, -0.15) is 0 Å². The molecule has 0 aromatic heterocycles. The Kier molecular flexibility index (Phi) is 4.01. The lowest BCUT2D eigenvalue weighted by Crippen LogP contribution is -2.47. The highest BCUT2D eigenvalue weighted by atomic mass is 16.4. The van der Waals surface area contributed by atoms with Crippen molar-refractivity contribution >= 4 is 17.8 Å². The first kappa shape index (κ1) is 14.8. The Morgan fingerprint density at radius 1 is 1.45 bits per heavy atom. The van der Waals surface area contributed by atoms with Crippen molar-refractivity contribution in [1.82, 2.24) is 10.2 Å². The fourth-order valence-corrected chi connectivity index (χ4v) is 2.97. The highest BCUT2D eigenvalue weighted by Crippen LogP contribution is 2.44. The van der Waals surface area contributed by atoms with E-state index in [1.807, 2.05) is 13.8 Å². The van der Waals surface area contributed by atoms with E-state index >= 15 is 0 Å². The van der Waals surface area contributed by atoms with E-state index in [4.69, 9.17) is 0 Å². The zero-order valence-corrected chi connectivity index (χ0v) is 12.0. The van der Waals surface area contributed by atoms with Crippen LogP contribution in [0.4, 0.5) is 0 Å². The third kappa shape index (κ3) is 2.64. The van der Waals surface area contributed by atoms with Crippen LogP contribution in [-0.2, 0) is 14.4 Å². The number of amides is 2. The van der Waals surface area contributed by atoms with Crippen molar-refractivity contribution in [3.8, 4) is 0 Å². The molecule has 1 saturated carbocycles. The minimum Gasteiger partial charge on any atom is -0.481 e. The third-order valence-corrected chi connectivity index (χ3v) is 4.46. The number of rotatable bonds is 5. The Bertz CT molecular complexity index is 429. The Labute approximate surface area is 118 Å². The van der Waals surface area contributed by atoms with E-state index in [0.29, 0.717) is 25.8 Å². The Balaban J connectivity index is 1.90. The molecule has 20 heavy (non-hydrogen) atoms. The minimum absolute atomic E-state index is 0.0200. The second kappa shape index (κ2) is 5.42. The molecule has 1 unspecified atom stereocenters. The van der Waals surface area contributed by atoms with E-state index in [2.05, 4.69) is 5.32 Å². The van der Waals surface area contributed by atoms with Crippen LogP contribution in [0.1, 0.15) is 46.0 Å². The van der Waals surface area contributed by atoms with Gasteiger partial charge in [-0.25, -0.2) is 0 Å². The summed E-state index contributed by atoms with van der Waals surface area (Å²) in [7, 11) is 0. The number of nitrogens with one attached hydrogen (secondary N) is 1. The van der Waals surface area contributed by atoms with Crippen LogP contribution >= 0.6 is 0 Å². The summed E-state index contributed by atoms with van der Waals surface area (Å²) < 4.78 is 0. The maximum Gasteiger partial charge on any atom is 0.310 e. The van der Waals surface area contributed by atoms with E-state index in [1.54, 1.807) is 4.90 Å². The molecule has 6 nitrogen and oxygen atoms in total. The van der Waals surface area contributed by atoms with Crippen LogP contribution in [0.15, 0.2) is 0 Å². The topological polar surface area (TPSA) is 86.7 Å². The summed E-state index contributed by atoms with van der Waals surface area (Å²) in [4.78, 5) is 37.0.